The average Bonchev–Trinajstić information content (AvgIpc) is 3.29. The highest BCUT2D eigenvalue weighted by Gasteiger charge is 2.18. The van der Waals surface area contributed by atoms with Crippen molar-refractivity contribution in [1.82, 2.24) is 4.98 Å². The molecular weight excluding hydrogens is 464 g/mol. The molecule has 33 heavy (non-hydrogen) atoms. The van der Waals surface area contributed by atoms with E-state index in [4.69, 9.17) is 23.7 Å². The molecule has 0 unspecified atom stereocenters. The van der Waals surface area contributed by atoms with E-state index < -0.39 is 0 Å². The summed E-state index contributed by atoms with van der Waals surface area (Å²) >= 11 is 3.09. The van der Waals surface area contributed by atoms with Gasteiger partial charge in [0.15, 0.2) is 16.6 Å². The summed E-state index contributed by atoms with van der Waals surface area (Å²) in [6.45, 7) is 0. The number of carbonyl (C=O) groups excluding carboxylic acids is 1. The van der Waals surface area contributed by atoms with E-state index in [1.165, 1.54) is 32.7 Å². The van der Waals surface area contributed by atoms with Crippen LogP contribution in [0.5, 0.6) is 28.7 Å². The summed E-state index contributed by atoms with van der Waals surface area (Å²) in [5.41, 5.74) is 2.37. The van der Waals surface area contributed by atoms with Gasteiger partial charge in [-0.3, -0.25) is 10.1 Å². The van der Waals surface area contributed by atoms with E-state index in [9.17, 15) is 4.79 Å². The largest absolute Gasteiger partial charge is 0.497 e. The zero-order valence-electron chi connectivity index (χ0n) is 19.1. The summed E-state index contributed by atoms with van der Waals surface area (Å²) in [5.74, 6) is 3.93. The lowest BCUT2D eigenvalue weighted by atomic mass is 10.1. The molecule has 8 nitrogen and oxygen atoms in total. The maximum Gasteiger partial charge on any atom is 0.257 e. The maximum absolute atomic E-state index is 12.8. The van der Waals surface area contributed by atoms with E-state index in [1.54, 1.807) is 38.1 Å². The second-order valence-electron chi connectivity index (χ2n) is 6.73. The van der Waals surface area contributed by atoms with Crippen molar-refractivity contribution >= 4 is 34.1 Å². The highest BCUT2D eigenvalue weighted by Crippen LogP contribution is 2.38. The highest BCUT2D eigenvalue weighted by molar-refractivity contribution is 7.97. The summed E-state index contributed by atoms with van der Waals surface area (Å²) in [6, 6.07) is 9.02. The van der Waals surface area contributed by atoms with Gasteiger partial charge in [-0.1, -0.05) is 0 Å². The molecule has 0 aliphatic heterocycles. The van der Waals surface area contributed by atoms with Gasteiger partial charge in [0.05, 0.1) is 41.2 Å². The van der Waals surface area contributed by atoms with Crippen LogP contribution in [0.25, 0.3) is 0 Å². The number of rotatable bonds is 11. The Kier molecular flexibility index (Phi) is 8.67. The Morgan fingerprint density at radius 3 is 2.06 bits per heavy atom. The van der Waals surface area contributed by atoms with Gasteiger partial charge in [-0.2, -0.15) is 11.8 Å². The van der Waals surface area contributed by atoms with Crippen LogP contribution in [0, 0.1) is 0 Å². The minimum absolute atomic E-state index is 0.314. The zero-order valence-corrected chi connectivity index (χ0v) is 20.7. The molecule has 1 amide bonds. The van der Waals surface area contributed by atoms with Crippen LogP contribution in [-0.2, 0) is 11.5 Å². The predicted octanol–water partition coefficient (Wildman–Crippen LogP) is 4.87. The normalized spacial score (nSPS) is 10.5. The van der Waals surface area contributed by atoms with Crippen molar-refractivity contribution in [1.29, 1.82) is 0 Å². The van der Waals surface area contributed by atoms with Gasteiger partial charge in [0.1, 0.15) is 11.5 Å². The number of ether oxygens (including phenoxy) is 5. The van der Waals surface area contributed by atoms with Crippen molar-refractivity contribution in [3.8, 4) is 28.7 Å². The summed E-state index contributed by atoms with van der Waals surface area (Å²) in [4.78, 5) is 17.3. The summed E-state index contributed by atoms with van der Waals surface area (Å²) in [5, 5.41) is 5.29. The first-order valence-corrected chi connectivity index (χ1v) is 11.9. The number of thioether (sulfide) groups is 1. The molecule has 1 aromatic heterocycles. The van der Waals surface area contributed by atoms with Crippen LogP contribution in [-0.4, -0.2) is 46.4 Å². The maximum atomic E-state index is 12.8. The number of methoxy groups -OCH3 is 5. The number of aromatic nitrogens is 1. The zero-order chi connectivity index (χ0) is 23.8. The summed E-state index contributed by atoms with van der Waals surface area (Å²) in [7, 11) is 7.79. The monoisotopic (exact) mass is 490 g/mol. The number of nitrogens with one attached hydrogen (secondary N) is 1. The van der Waals surface area contributed by atoms with E-state index in [-0.39, 0.29) is 5.91 Å². The van der Waals surface area contributed by atoms with Gasteiger partial charge in [-0.15, -0.1) is 11.3 Å². The molecular formula is C23H26N2O6S2. The minimum atomic E-state index is -0.314. The molecule has 0 radical (unpaired) electrons. The van der Waals surface area contributed by atoms with Gasteiger partial charge in [0.2, 0.25) is 5.75 Å². The van der Waals surface area contributed by atoms with Crippen molar-refractivity contribution in [2.75, 3.05) is 40.9 Å². The van der Waals surface area contributed by atoms with Crippen molar-refractivity contribution in [3.63, 3.8) is 0 Å². The van der Waals surface area contributed by atoms with E-state index >= 15 is 0 Å². The quantitative estimate of drug-likeness (QED) is 0.407. The van der Waals surface area contributed by atoms with Crippen LogP contribution in [0.4, 0.5) is 5.13 Å². The van der Waals surface area contributed by atoms with Crippen LogP contribution < -0.4 is 29.0 Å². The first-order valence-electron chi connectivity index (χ1n) is 9.86. The topological polar surface area (TPSA) is 88.1 Å². The Bertz CT molecular complexity index is 1060. The van der Waals surface area contributed by atoms with Crippen LogP contribution in [0.3, 0.4) is 0 Å². The van der Waals surface area contributed by atoms with Gasteiger partial charge >= 0.3 is 0 Å². The molecule has 0 aliphatic carbocycles. The SMILES string of the molecule is COc1cc(CSCc2csc(NC(=O)c3cc(OC)c(OC)c(OC)c3)n2)cc(OC)c1. The molecule has 0 bridgehead atoms. The number of anilines is 1. The Balaban J connectivity index is 1.61. The molecule has 0 aliphatic rings. The lowest BCUT2D eigenvalue weighted by Crippen LogP contribution is -2.12. The number of hydrogen-bond donors (Lipinski definition) is 1. The number of benzene rings is 2. The van der Waals surface area contributed by atoms with Crippen molar-refractivity contribution in [2.45, 2.75) is 11.5 Å². The second-order valence-corrected chi connectivity index (χ2v) is 8.57. The third-order valence-corrected chi connectivity index (χ3v) is 6.47. The minimum Gasteiger partial charge on any atom is -0.497 e. The second kappa shape index (κ2) is 11.7. The smallest absolute Gasteiger partial charge is 0.257 e. The van der Waals surface area contributed by atoms with E-state index in [1.807, 2.05) is 23.6 Å². The summed E-state index contributed by atoms with van der Waals surface area (Å²) < 4.78 is 26.6. The molecule has 176 valence electrons. The van der Waals surface area contributed by atoms with Gasteiger partial charge in [-0.25, -0.2) is 4.98 Å². The van der Waals surface area contributed by atoms with Crippen molar-refractivity contribution in [2.24, 2.45) is 0 Å². The lowest BCUT2D eigenvalue weighted by molar-refractivity contribution is 0.102. The molecule has 1 N–H and O–H groups in total. The molecule has 0 fully saturated rings. The van der Waals surface area contributed by atoms with Crippen LogP contribution >= 0.6 is 23.1 Å². The Labute approximate surface area is 201 Å². The fraction of sp³-hybridized carbons (Fsp3) is 0.304. The fourth-order valence-electron chi connectivity index (χ4n) is 3.04. The molecule has 3 rings (SSSR count). The molecule has 1 heterocycles. The Morgan fingerprint density at radius 1 is 0.879 bits per heavy atom. The first-order chi connectivity index (χ1) is 16.0. The van der Waals surface area contributed by atoms with Crippen LogP contribution in [0.2, 0.25) is 0 Å². The van der Waals surface area contributed by atoms with Gasteiger partial charge in [-0.05, 0) is 29.8 Å². The molecule has 0 saturated carbocycles. The van der Waals surface area contributed by atoms with E-state index in [0.717, 1.165) is 28.5 Å². The van der Waals surface area contributed by atoms with E-state index in [2.05, 4.69) is 10.3 Å². The van der Waals surface area contributed by atoms with Crippen LogP contribution in [0.1, 0.15) is 21.6 Å². The van der Waals surface area contributed by atoms with Gasteiger partial charge < -0.3 is 23.7 Å². The Morgan fingerprint density at radius 2 is 1.52 bits per heavy atom. The first kappa shape index (κ1) is 24.5. The van der Waals surface area contributed by atoms with Crippen LogP contribution in [0.15, 0.2) is 35.7 Å². The number of thiazole rings is 1. The van der Waals surface area contributed by atoms with Crippen molar-refractivity contribution in [3.05, 3.63) is 52.5 Å². The van der Waals surface area contributed by atoms with Gasteiger partial charge in [0, 0.05) is 28.5 Å². The lowest BCUT2D eigenvalue weighted by Gasteiger charge is -2.13. The standard InChI is InChI=1S/C23H26N2O6S2/c1-27-17-6-14(7-18(10-17)28-2)11-32-12-16-13-33-23(24-16)25-22(26)15-8-19(29-3)21(31-5)20(9-15)30-4/h6-10,13H,11-12H2,1-5H3,(H,24,25,26). The van der Waals surface area contributed by atoms with E-state index in [0.29, 0.717) is 33.7 Å². The third-order valence-electron chi connectivity index (χ3n) is 4.63. The molecule has 0 saturated heterocycles. The van der Waals surface area contributed by atoms with Gasteiger partial charge in [0.25, 0.3) is 5.91 Å². The molecule has 0 atom stereocenters. The fourth-order valence-corrected chi connectivity index (χ4v) is 4.71. The number of hydrogen-bond acceptors (Lipinski definition) is 9. The molecule has 3 aromatic rings. The number of carbonyl (C=O) groups is 1. The number of amides is 1. The highest BCUT2D eigenvalue weighted by atomic mass is 32.2. The summed E-state index contributed by atoms with van der Waals surface area (Å²) in [6.07, 6.45) is 0. The third kappa shape index (κ3) is 6.23. The average molecular weight is 491 g/mol. The molecule has 2 aromatic carbocycles. The molecule has 0 spiro atoms. The predicted molar refractivity (Wildman–Crippen MR) is 131 cm³/mol. The van der Waals surface area contributed by atoms with Crippen molar-refractivity contribution < 1.29 is 28.5 Å². The Hall–Kier alpha value is -3.11. The number of nitrogens with zero attached hydrogens (tertiary/aromatic N) is 1. The molecule has 10 heteroatoms.